The highest BCUT2D eigenvalue weighted by Crippen LogP contribution is 2.29. The van der Waals surface area contributed by atoms with Gasteiger partial charge in [0.05, 0.1) is 19.1 Å². The number of nitro groups is 1. The molecule has 1 amide bonds. The van der Waals surface area contributed by atoms with Crippen molar-refractivity contribution in [2.24, 2.45) is 0 Å². The van der Waals surface area contributed by atoms with Crippen molar-refractivity contribution in [2.75, 3.05) is 19.5 Å². The zero-order chi connectivity index (χ0) is 20.0. The summed E-state index contributed by atoms with van der Waals surface area (Å²) >= 11 is 5.74. The Kier molecular flexibility index (Phi) is 6.36. The van der Waals surface area contributed by atoms with Gasteiger partial charge < -0.3 is 14.8 Å². The largest absolute Gasteiger partial charge is 0.493 e. The van der Waals surface area contributed by atoms with E-state index in [4.69, 9.17) is 21.1 Å². The molecule has 9 heteroatoms. The third-order valence-corrected chi connectivity index (χ3v) is 3.80. The molecule has 8 nitrogen and oxygen atoms in total. The number of methoxy groups -OCH3 is 2. The summed E-state index contributed by atoms with van der Waals surface area (Å²) < 4.78 is 10.3. The molecule has 27 heavy (non-hydrogen) atoms. The molecule has 0 aromatic heterocycles. The number of nitrogens with one attached hydrogen (secondary N) is 1. The van der Waals surface area contributed by atoms with Gasteiger partial charge >= 0.3 is 0 Å². The third-order valence-electron chi connectivity index (χ3n) is 3.48. The number of anilines is 1. The van der Waals surface area contributed by atoms with Crippen LogP contribution in [0, 0.1) is 21.4 Å². The summed E-state index contributed by atoms with van der Waals surface area (Å²) in [6.45, 7) is 0. The molecule has 0 saturated carbocycles. The topological polar surface area (TPSA) is 114 Å². The van der Waals surface area contributed by atoms with Gasteiger partial charge in [0.25, 0.3) is 11.6 Å². The van der Waals surface area contributed by atoms with Crippen LogP contribution in [-0.2, 0) is 4.79 Å². The number of carbonyl (C=O) groups excluding carboxylic acids is 1. The van der Waals surface area contributed by atoms with Crippen molar-refractivity contribution in [2.45, 2.75) is 0 Å². The first-order valence-corrected chi connectivity index (χ1v) is 7.86. The van der Waals surface area contributed by atoms with Gasteiger partial charge in [-0.25, -0.2) is 0 Å². The number of carbonyl (C=O) groups is 1. The quantitative estimate of drug-likeness (QED) is 0.349. The number of ether oxygens (including phenoxy) is 2. The molecule has 0 aliphatic rings. The van der Waals surface area contributed by atoms with Gasteiger partial charge in [0.15, 0.2) is 11.5 Å². The van der Waals surface area contributed by atoms with Crippen molar-refractivity contribution < 1.29 is 19.2 Å². The zero-order valence-electron chi connectivity index (χ0n) is 14.4. The first-order chi connectivity index (χ1) is 12.9. The van der Waals surface area contributed by atoms with Crippen molar-refractivity contribution >= 4 is 35.0 Å². The standard InChI is InChI=1S/C18H14ClN3O5/c1-26-16-6-3-11(8-17(16)27-2)7-12(10-20)18(23)21-13-4-5-14(19)15(9-13)22(24)25/h3-9H,1-2H3,(H,21,23)/b12-7+. The highest BCUT2D eigenvalue weighted by Gasteiger charge is 2.16. The van der Waals surface area contributed by atoms with Crippen LogP contribution in [0.25, 0.3) is 6.08 Å². The molecule has 1 N–H and O–H groups in total. The van der Waals surface area contributed by atoms with Crippen LogP contribution in [0.5, 0.6) is 11.5 Å². The molecule has 2 aromatic rings. The Balaban J connectivity index is 2.29. The van der Waals surface area contributed by atoms with Crippen LogP contribution < -0.4 is 14.8 Å². The number of nitro benzene ring substituents is 1. The Morgan fingerprint density at radius 2 is 1.93 bits per heavy atom. The first kappa shape index (κ1) is 19.8. The molecule has 0 fully saturated rings. The number of halogens is 1. The molecule has 0 unspecified atom stereocenters. The van der Waals surface area contributed by atoms with Gasteiger partial charge in [-0.3, -0.25) is 14.9 Å². The smallest absolute Gasteiger partial charge is 0.289 e. The van der Waals surface area contributed by atoms with Gasteiger partial charge in [0.2, 0.25) is 0 Å². The van der Waals surface area contributed by atoms with Crippen molar-refractivity contribution in [3.8, 4) is 17.6 Å². The third kappa shape index (κ3) is 4.74. The predicted octanol–water partition coefficient (Wildman–Crippen LogP) is 3.81. The number of rotatable bonds is 6. The SMILES string of the molecule is COc1ccc(/C=C(\C#N)C(=O)Nc2ccc(Cl)c([N+](=O)[O-])c2)cc1OC. The summed E-state index contributed by atoms with van der Waals surface area (Å²) in [4.78, 5) is 22.6. The molecule has 0 radical (unpaired) electrons. The maximum atomic E-state index is 12.3. The Hall–Kier alpha value is -3.57. The fourth-order valence-corrected chi connectivity index (χ4v) is 2.37. The molecule has 2 rings (SSSR count). The maximum Gasteiger partial charge on any atom is 0.289 e. The molecule has 0 atom stereocenters. The van der Waals surface area contributed by atoms with Gasteiger partial charge in [-0.05, 0) is 35.9 Å². The van der Waals surface area contributed by atoms with E-state index in [1.165, 1.54) is 32.4 Å². The maximum absolute atomic E-state index is 12.3. The minimum atomic E-state index is -0.719. The normalized spacial score (nSPS) is 10.7. The molecule has 0 spiro atoms. The number of hydrogen-bond donors (Lipinski definition) is 1. The van der Waals surface area contributed by atoms with E-state index in [2.05, 4.69) is 5.32 Å². The summed E-state index contributed by atoms with van der Waals surface area (Å²) in [5.74, 6) is 0.229. The van der Waals surface area contributed by atoms with Crippen LogP contribution in [0.2, 0.25) is 5.02 Å². The van der Waals surface area contributed by atoms with Crippen LogP contribution in [0.4, 0.5) is 11.4 Å². The highest BCUT2D eigenvalue weighted by molar-refractivity contribution is 6.32. The lowest BCUT2D eigenvalue weighted by atomic mass is 10.1. The number of nitriles is 1. The van der Waals surface area contributed by atoms with Gasteiger partial charge in [0.1, 0.15) is 16.7 Å². The molecular formula is C18H14ClN3O5. The van der Waals surface area contributed by atoms with Crippen molar-refractivity contribution in [3.63, 3.8) is 0 Å². The molecular weight excluding hydrogens is 374 g/mol. The second kappa shape index (κ2) is 8.69. The van der Waals surface area contributed by atoms with E-state index >= 15 is 0 Å². The number of amides is 1. The molecule has 0 heterocycles. The molecule has 0 bridgehead atoms. The summed E-state index contributed by atoms with van der Waals surface area (Å²) in [6, 6.07) is 10.5. The van der Waals surface area contributed by atoms with E-state index in [1.807, 2.05) is 0 Å². The second-order valence-electron chi connectivity index (χ2n) is 5.16. The van der Waals surface area contributed by atoms with Crippen molar-refractivity contribution in [1.82, 2.24) is 0 Å². The Morgan fingerprint density at radius 1 is 1.22 bits per heavy atom. The van der Waals surface area contributed by atoms with Crippen molar-refractivity contribution in [1.29, 1.82) is 5.26 Å². The van der Waals surface area contributed by atoms with E-state index in [9.17, 15) is 20.2 Å². The van der Waals surface area contributed by atoms with Crippen LogP contribution in [0.3, 0.4) is 0 Å². The van der Waals surface area contributed by atoms with E-state index in [1.54, 1.807) is 24.3 Å². The van der Waals surface area contributed by atoms with Gasteiger partial charge in [0, 0.05) is 11.8 Å². The lowest BCUT2D eigenvalue weighted by Crippen LogP contribution is -2.13. The number of nitrogens with zero attached hydrogens (tertiary/aromatic N) is 2. The van der Waals surface area contributed by atoms with E-state index < -0.39 is 10.8 Å². The average Bonchev–Trinajstić information content (AvgIpc) is 2.66. The average molecular weight is 388 g/mol. The molecule has 138 valence electrons. The fourth-order valence-electron chi connectivity index (χ4n) is 2.19. The number of hydrogen-bond acceptors (Lipinski definition) is 6. The summed E-state index contributed by atoms with van der Waals surface area (Å²) in [5.41, 5.74) is 0.141. The molecule has 2 aromatic carbocycles. The highest BCUT2D eigenvalue weighted by atomic mass is 35.5. The van der Waals surface area contributed by atoms with Crippen molar-refractivity contribution in [3.05, 3.63) is 62.7 Å². The Bertz CT molecular complexity index is 966. The summed E-state index contributed by atoms with van der Waals surface area (Å²) in [5, 5.41) is 22.6. The lowest BCUT2D eigenvalue weighted by molar-refractivity contribution is -0.384. The second-order valence-corrected chi connectivity index (χ2v) is 5.57. The first-order valence-electron chi connectivity index (χ1n) is 7.48. The van der Waals surface area contributed by atoms with Crippen LogP contribution in [-0.4, -0.2) is 25.1 Å². The molecule has 0 saturated heterocycles. The molecule has 0 aliphatic heterocycles. The lowest BCUT2D eigenvalue weighted by Gasteiger charge is -2.08. The van der Waals surface area contributed by atoms with Crippen LogP contribution >= 0.6 is 11.6 Å². The van der Waals surface area contributed by atoms with Gasteiger partial charge in [-0.1, -0.05) is 17.7 Å². The zero-order valence-corrected chi connectivity index (χ0v) is 15.1. The number of benzene rings is 2. The summed E-state index contributed by atoms with van der Waals surface area (Å²) in [7, 11) is 2.96. The van der Waals surface area contributed by atoms with E-state index in [0.717, 1.165) is 6.07 Å². The molecule has 0 aliphatic carbocycles. The van der Waals surface area contributed by atoms with Gasteiger partial charge in [-0.2, -0.15) is 5.26 Å². The predicted molar refractivity (Wildman–Crippen MR) is 99.9 cm³/mol. The van der Waals surface area contributed by atoms with E-state index in [-0.39, 0.29) is 22.0 Å². The van der Waals surface area contributed by atoms with Gasteiger partial charge in [-0.15, -0.1) is 0 Å². The van der Waals surface area contributed by atoms with Crippen LogP contribution in [0.15, 0.2) is 42.0 Å². The van der Waals surface area contributed by atoms with E-state index in [0.29, 0.717) is 17.1 Å². The monoisotopic (exact) mass is 387 g/mol. The Morgan fingerprint density at radius 3 is 2.52 bits per heavy atom. The Labute approximate surface area is 159 Å². The van der Waals surface area contributed by atoms with Crippen LogP contribution in [0.1, 0.15) is 5.56 Å². The fraction of sp³-hybridized carbons (Fsp3) is 0.111. The summed E-state index contributed by atoms with van der Waals surface area (Å²) in [6.07, 6.45) is 1.36. The minimum absolute atomic E-state index is 0.0561. The minimum Gasteiger partial charge on any atom is -0.493 e.